The first-order chi connectivity index (χ1) is 14.9. The molecule has 1 aliphatic rings. The highest BCUT2D eigenvalue weighted by atomic mass is 32.2. The molecule has 0 bridgehead atoms. The fourth-order valence-electron chi connectivity index (χ4n) is 3.59. The summed E-state index contributed by atoms with van der Waals surface area (Å²) in [6.45, 7) is 6.26. The summed E-state index contributed by atoms with van der Waals surface area (Å²) in [6.07, 6.45) is 6.89. The van der Waals surface area contributed by atoms with Gasteiger partial charge in [0.15, 0.2) is 0 Å². The van der Waals surface area contributed by atoms with Crippen molar-refractivity contribution in [1.82, 2.24) is 15.5 Å². The number of unbranched alkanes of at least 4 members (excludes halogenated alkanes) is 1. The number of carbonyl (C=O) groups is 2. The number of carbonyl (C=O) groups excluding carboxylic acids is 2. The van der Waals surface area contributed by atoms with Crippen molar-refractivity contribution in [3.8, 4) is 0 Å². The van der Waals surface area contributed by atoms with Crippen LogP contribution in [0.4, 0.5) is 5.69 Å². The molecule has 1 aromatic carbocycles. The van der Waals surface area contributed by atoms with Crippen LogP contribution in [0.1, 0.15) is 49.4 Å². The second-order valence-corrected chi connectivity index (χ2v) is 9.12. The maximum Gasteiger partial charge on any atom is 0.270 e. The van der Waals surface area contributed by atoms with Gasteiger partial charge in [0.2, 0.25) is 5.91 Å². The number of amides is 2. The van der Waals surface area contributed by atoms with E-state index in [2.05, 4.69) is 22.5 Å². The number of nitro groups is 1. The van der Waals surface area contributed by atoms with E-state index in [1.807, 2.05) is 6.26 Å². The molecule has 0 radical (unpaired) electrons. The fraction of sp³-hybridized carbons (Fsp3) is 0.636. The summed E-state index contributed by atoms with van der Waals surface area (Å²) >= 11 is 1.60. The molecule has 9 heteroatoms. The predicted molar refractivity (Wildman–Crippen MR) is 124 cm³/mol. The number of nitrogens with zero attached hydrogens (tertiary/aromatic N) is 2. The van der Waals surface area contributed by atoms with Crippen molar-refractivity contribution < 1.29 is 14.5 Å². The zero-order valence-corrected chi connectivity index (χ0v) is 19.3. The van der Waals surface area contributed by atoms with Crippen LogP contribution in [-0.2, 0) is 4.79 Å². The normalized spacial score (nSPS) is 15.9. The molecule has 8 nitrogen and oxygen atoms in total. The van der Waals surface area contributed by atoms with Crippen LogP contribution in [0.15, 0.2) is 24.3 Å². The van der Waals surface area contributed by atoms with E-state index in [9.17, 15) is 19.7 Å². The van der Waals surface area contributed by atoms with Gasteiger partial charge in [0.05, 0.1) is 4.92 Å². The molecule has 31 heavy (non-hydrogen) atoms. The Labute approximate surface area is 188 Å². The maximum absolute atomic E-state index is 12.6. The third-order valence-corrected chi connectivity index (χ3v) is 6.27. The molecule has 172 valence electrons. The fourth-order valence-corrected chi connectivity index (χ4v) is 4.06. The van der Waals surface area contributed by atoms with Crippen LogP contribution in [0.5, 0.6) is 0 Å². The second kappa shape index (κ2) is 13.3. The van der Waals surface area contributed by atoms with Gasteiger partial charge in [-0.3, -0.25) is 19.7 Å². The van der Waals surface area contributed by atoms with Gasteiger partial charge >= 0.3 is 0 Å². The van der Waals surface area contributed by atoms with Crippen LogP contribution in [0, 0.1) is 16.0 Å². The number of hydrogen-bond acceptors (Lipinski definition) is 6. The minimum atomic E-state index is -0.664. The molecule has 0 aromatic heterocycles. The third-order valence-electron chi connectivity index (χ3n) is 5.63. The topological polar surface area (TPSA) is 105 Å². The number of likely N-dealkylation sites (tertiary alicyclic amines) is 1. The number of hydrogen-bond donors (Lipinski definition) is 2. The minimum absolute atomic E-state index is 0.152. The molecule has 1 unspecified atom stereocenters. The van der Waals surface area contributed by atoms with Gasteiger partial charge in [-0.1, -0.05) is 13.0 Å². The van der Waals surface area contributed by atoms with Crippen LogP contribution in [0.2, 0.25) is 0 Å². The van der Waals surface area contributed by atoms with Gasteiger partial charge < -0.3 is 15.5 Å². The average molecular weight is 451 g/mol. The van der Waals surface area contributed by atoms with E-state index in [1.165, 1.54) is 37.1 Å². The first-order valence-electron chi connectivity index (χ1n) is 10.9. The van der Waals surface area contributed by atoms with E-state index < -0.39 is 16.9 Å². The lowest BCUT2D eigenvalue weighted by Gasteiger charge is -2.30. The SMILES string of the molecule is CSCCC(NC(=O)c1cccc([N+](=O)[O-])c1)C(=O)NCCCCN1CCC(C)CC1. The van der Waals surface area contributed by atoms with Gasteiger partial charge in [-0.2, -0.15) is 11.8 Å². The van der Waals surface area contributed by atoms with Gasteiger partial charge in [0, 0.05) is 24.2 Å². The molecular weight excluding hydrogens is 416 g/mol. The molecule has 1 saturated heterocycles. The Hall–Kier alpha value is -2.13. The molecular formula is C22H34N4O4S. The Morgan fingerprint density at radius 2 is 2.03 bits per heavy atom. The molecule has 0 saturated carbocycles. The van der Waals surface area contributed by atoms with Crippen molar-refractivity contribution in [1.29, 1.82) is 0 Å². The highest BCUT2D eigenvalue weighted by Gasteiger charge is 2.22. The van der Waals surface area contributed by atoms with Crippen molar-refractivity contribution in [2.75, 3.05) is 38.2 Å². The summed E-state index contributed by atoms with van der Waals surface area (Å²) in [6, 6.07) is 4.86. The van der Waals surface area contributed by atoms with Crippen molar-refractivity contribution in [2.24, 2.45) is 5.92 Å². The summed E-state index contributed by atoms with van der Waals surface area (Å²) in [4.78, 5) is 38.1. The Kier molecular flexibility index (Phi) is 10.8. The van der Waals surface area contributed by atoms with Crippen LogP contribution in [-0.4, -0.2) is 65.9 Å². The zero-order chi connectivity index (χ0) is 22.6. The van der Waals surface area contributed by atoms with E-state index in [1.54, 1.807) is 11.8 Å². The van der Waals surface area contributed by atoms with Gasteiger partial charge in [0.1, 0.15) is 6.04 Å². The molecule has 1 atom stereocenters. The molecule has 0 spiro atoms. The highest BCUT2D eigenvalue weighted by molar-refractivity contribution is 7.98. The maximum atomic E-state index is 12.6. The Morgan fingerprint density at radius 3 is 2.71 bits per heavy atom. The number of rotatable bonds is 12. The number of nitro benzene ring substituents is 1. The highest BCUT2D eigenvalue weighted by Crippen LogP contribution is 2.16. The summed E-state index contributed by atoms with van der Waals surface area (Å²) in [5.74, 6) is 0.857. The smallest absolute Gasteiger partial charge is 0.270 e. The number of piperidine rings is 1. The monoisotopic (exact) mass is 450 g/mol. The van der Waals surface area contributed by atoms with Gasteiger partial charge in [-0.25, -0.2) is 0 Å². The Morgan fingerprint density at radius 1 is 1.29 bits per heavy atom. The van der Waals surface area contributed by atoms with Crippen LogP contribution >= 0.6 is 11.8 Å². The van der Waals surface area contributed by atoms with Crippen molar-refractivity contribution >= 4 is 29.3 Å². The van der Waals surface area contributed by atoms with Gasteiger partial charge in [0.25, 0.3) is 11.6 Å². The Balaban J connectivity index is 1.79. The van der Waals surface area contributed by atoms with E-state index >= 15 is 0 Å². The molecule has 0 aliphatic carbocycles. The average Bonchev–Trinajstić information content (AvgIpc) is 2.77. The molecule has 2 rings (SSSR count). The minimum Gasteiger partial charge on any atom is -0.354 e. The van der Waals surface area contributed by atoms with E-state index in [4.69, 9.17) is 0 Å². The molecule has 2 amide bonds. The van der Waals surface area contributed by atoms with E-state index in [0.29, 0.717) is 13.0 Å². The van der Waals surface area contributed by atoms with Crippen LogP contribution in [0.3, 0.4) is 0 Å². The van der Waals surface area contributed by atoms with Crippen LogP contribution in [0.25, 0.3) is 0 Å². The van der Waals surface area contributed by atoms with E-state index in [0.717, 1.165) is 44.1 Å². The Bertz CT molecular complexity index is 738. The number of nitrogens with one attached hydrogen (secondary N) is 2. The van der Waals surface area contributed by atoms with Crippen molar-refractivity contribution in [3.05, 3.63) is 39.9 Å². The first-order valence-corrected chi connectivity index (χ1v) is 12.3. The zero-order valence-electron chi connectivity index (χ0n) is 18.5. The quantitative estimate of drug-likeness (QED) is 0.288. The largest absolute Gasteiger partial charge is 0.354 e. The molecule has 1 aliphatic heterocycles. The molecule has 1 heterocycles. The first kappa shape index (κ1) is 25.1. The van der Waals surface area contributed by atoms with E-state index in [-0.39, 0.29) is 17.2 Å². The second-order valence-electron chi connectivity index (χ2n) is 8.14. The standard InChI is InChI=1S/C22H34N4O4S/c1-17-8-13-25(14-9-17)12-4-3-11-23-22(28)20(10-15-31-2)24-21(27)18-6-5-7-19(16-18)26(29)30/h5-7,16-17,20H,3-4,8-15H2,1-2H3,(H,23,28)(H,24,27). The lowest BCUT2D eigenvalue weighted by molar-refractivity contribution is -0.384. The van der Waals surface area contributed by atoms with Crippen molar-refractivity contribution in [2.45, 2.75) is 45.1 Å². The number of benzene rings is 1. The molecule has 1 aromatic rings. The predicted octanol–water partition coefficient (Wildman–Crippen LogP) is 3.07. The van der Waals surface area contributed by atoms with Gasteiger partial charge in [-0.15, -0.1) is 0 Å². The summed E-state index contributed by atoms with van der Waals surface area (Å²) in [5, 5.41) is 16.6. The molecule has 1 fully saturated rings. The number of non-ortho nitro benzene ring substituents is 1. The number of thioether (sulfide) groups is 1. The summed E-state index contributed by atoms with van der Waals surface area (Å²) in [7, 11) is 0. The lowest BCUT2D eigenvalue weighted by atomic mass is 9.99. The summed E-state index contributed by atoms with van der Waals surface area (Å²) in [5.41, 5.74) is 0.0212. The van der Waals surface area contributed by atoms with Crippen LogP contribution < -0.4 is 10.6 Å². The summed E-state index contributed by atoms with van der Waals surface area (Å²) < 4.78 is 0. The van der Waals surface area contributed by atoms with Crippen molar-refractivity contribution in [3.63, 3.8) is 0 Å². The van der Waals surface area contributed by atoms with Gasteiger partial charge in [-0.05, 0) is 75.7 Å². The third kappa shape index (κ3) is 8.86. The molecule has 2 N–H and O–H groups in total. The lowest BCUT2D eigenvalue weighted by Crippen LogP contribution is -2.47.